The fraction of sp³-hybridized carbons (Fsp3) is 0.300. The van der Waals surface area contributed by atoms with Gasteiger partial charge in [-0.1, -0.05) is 35.0 Å². The molecule has 8 nitrogen and oxygen atoms in total. The van der Waals surface area contributed by atoms with E-state index in [9.17, 15) is 9.59 Å². The zero-order valence-electron chi connectivity index (χ0n) is 15.4. The van der Waals surface area contributed by atoms with Gasteiger partial charge < -0.3 is 14.5 Å². The van der Waals surface area contributed by atoms with Gasteiger partial charge in [-0.3, -0.25) is 9.48 Å². The van der Waals surface area contributed by atoms with Crippen molar-refractivity contribution >= 4 is 11.9 Å². The first-order chi connectivity index (χ1) is 13.5. The summed E-state index contributed by atoms with van der Waals surface area (Å²) in [5.74, 6) is -0.953. The Morgan fingerprint density at radius 2 is 1.89 bits per heavy atom. The molecule has 2 aromatic heterocycles. The number of piperidine rings is 1. The second kappa shape index (κ2) is 7.30. The number of amides is 1. The van der Waals surface area contributed by atoms with Crippen LogP contribution >= 0.6 is 0 Å². The number of aryl methyl sites for hydroxylation is 1. The highest BCUT2D eigenvalue weighted by atomic mass is 16.5. The third-order valence-corrected chi connectivity index (χ3v) is 5.04. The van der Waals surface area contributed by atoms with E-state index in [1.54, 1.807) is 15.6 Å². The Bertz CT molecular complexity index is 997. The molecule has 8 heteroatoms. The quantitative estimate of drug-likeness (QED) is 0.746. The topological polar surface area (TPSA) is 101 Å². The van der Waals surface area contributed by atoms with Gasteiger partial charge in [-0.2, -0.15) is 5.10 Å². The molecule has 1 aromatic carbocycles. The van der Waals surface area contributed by atoms with Gasteiger partial charge in [0.1, 0.15) is 5.69 Å². The fourth-order valence-corrected chi connectivity index (χ4v) is 3.37. The van der Waals surface area contributed by atoms with E-state index >= 15 is 0 Å². The van der Waals surface area contributed by atoms with Crippen LogP contribution in [-0.4, -0.2) is 49.9 Å². The van der Waals surface area contributed by atoms with Crippen molar-refractivity contribution < 1.29 is 19.2 Å². The third-order valence-electron chi connectivity index (χ3n) is 5.04. The lowest BCUT2D eigenvalue weighted by molar-refractivity contribution is 0.0648. The molecule has 0 aliphatic carbocycles. The van der Waals surface area contributed by atoms with Crippen LogP contribution in [0.3, 0.4) is 0 Å². The molecular weight excluding hydrogens is 360 g/mol. The number of aromatic carboxylic acids is 1. The van der Waals surface area contributed by atoms with E-state index in [-0.39, 0.29) is 23.3 Å². The van der Waals surface area contributed by atoms with E-state index in [4.69, 9.17) is 9.63 Å². The largest absolute Gasteiger partial charge is 0.478 e. The number of nitrogens with zero attached hydrogens (tertiary/aromatic N) is 4. The molecular formula is C20H20N4O4. The summed E-state index contributed by atoms with van der Waals surface area (Å²) in [6.45, 7) is 3.11. The Balaban J connectivity index is 1.40. The van der Waals surface area contributed by atoms with Crippen molar-refractivity contribution in [2.24, 2.45) is 0 Å². The summed E-state index contributed by atoms with van der Waals surface area (Å²) in [6.07, 6.45) is 4.28. The number of carbonyl (C=O) groups is 2. The van der Waals surface area contributed by atoms with Crippen molar-refractivity contribution in [3.63, 3.8) is 0 Å². The monoisotopic (exact) mass is 380 g/mol. The molecule has 28 heavy (non-hydrogen) atoms. The molecule has 1 aliphatic heterocycles. The lowest BCUT2D eigenvalue weighted by Gasteiger charge is -2.31. The van der Waals surface area contributed by atoms with Crippen LogP contribution in [0.25, 0.3) is 11.3 Å². The average Bonchev–Trinajstić information content (AvgIpc) is 3.38. The van der Waals surface area contributed by atoms with Crippen LogP contribution in [0.2, 0.25) is 0 Å². The van der Waals surface area contributed by atoms with Crippen molar-refractivity contribution in [1.29, 1.82) is 0 Å². The summed E-state index contributed by atoms with van der Waals surface area (Å²) < 4.78 is 6.96. The zero-order valence-corrected chi connectivity index (χ0v) is 15.4. The number of hydrogen-bond donors (Lipinski definition) is 1. The number of rotatable bonds is 4. The molecule has 0 spiro atoms. The van der Waals surface area contributed by atoms with Gasteiger partial charge in [0.15, 0.2) is 0 Å². The van der Waals surface area contributed by atoms with Crippen LogP contribution in [0, 0.1) is 6.92 Å². The van der Waals surface area contributed by atoms with Gasteiger partial charge in [-0.05, 0) is 19.8 Å². The molecule has 1 N–H and O–H groups in total. The minimum atomic E-state index is -0.992. The summed E-state index contributed by atoms with van der Waals surface area (Å²) in [4.78, 5) is 25.5. The molecule has 4 rings (SSSR count). The van der Waals surface area contributed by atoms with E-state index < -0.39 is 5.97 Å². The molecule has 3 heterocycles. The molecule has 144 valence electrons. The average molecular weight is 380 g/mol. The van der Waals surface area contributed by atoms with Crippen LogP contribution in [-0.2, 0) is 0 Å². The first-order valence-electron chi connectivity index (χ1n) is 9.12. The highest BCUT2D eigenvalue weighted by Crippen LogP contribution is 2.25. The Labute approximate surface area is 161 Å². The summed E-state index contributed by atoms with van der Waals surface area (Å²) >= 11 is 0. The lowest BCUT2D eigenvalue weighted by atomic mass is 10.0. The number of carboxylic acids is 1. The number of carboxylic acid groups (broad SMARTS) is 1. The maximum absolute atomic E-state index is 12.7. The normalized spacial score (nSPS) is 15.0. The smallest absolute Gasteiger partial charge is 0.338 e. The number of carbonyl (C=O) groups excluding carboxylic acids is 1. The standard InChI is InChI=1S/C20H20N4O4/c1-13-2-4-14(5-3-13)17-10-18(28-22-17)19(25)23-8-6-16(7-9-23)24-12-15(11-21-24)20(26)27/h2-5,10-12,16H,6-9H2,1H3,(H,26,27). The maximum atomic E-state index is 12.7. The Morgan fingerprint density at radius 1 is 1.18 bits per heavy atom. The van der Waals surface area contributed by atoms with E-state index in [1.165, 1.54) is 12.4 Å². The van der Waals surface area contributed by atoms with E-state index in [0.29, 0.717) is 31.6 Å². The van der Waals surface area contributed by atoms with Crippen LogP contribution in [0.1, 0.15) is 45.4 Å². The second-order valence-corrected chi connectivity index (χ2v) is 6.98. The van der Waals surface area contributed by atoms with Gasteiger partial charge in [-0.25, -0.2) is 4.79 Å². The molecule has 1 amide bonds. The molecule has 0 saturated carbocycles. The van der Waals surface area contributed by atoms with Crippen LogP contribution in [0.4, 0.5) is 0 Å². The Hall–Kier alpha value is -3.42. The Morgan fingerprint density at radius 3 is 2.54 bits per heavy atom. The SMILES string of the molecule is Cc1ccc(-c2cc(C(=O)N3CCC(n4cc(C(=O)O)cn4)CC3)on2)cc1. The highest BCUT2D eigenvalue weighted by Gasteiger charge is 2.27. The number of hydrogen-bond acceptors (Lipinski definition) is 5. The number of aromatic nitrogens is 3. The minimum absolute atomic E-state index is 0.0787. The Kier molecular flexibility index (Phi) is 4.68. The molecule has 3 aromatic rings. The number of benzene rings is 1. The molecule has 0 unspecified atom stereocenters. The van der Waals surface area contributed by atoms with Gasteiger partial charge >= 0.3 is 5.97 Å². The minimum Gasteiger partial charge on any atom is -0.478 e. The van der Waals surface area contributed by atoms with Gasteiger partial charge in [0.25, 0.3) is 5.91 Å². The molecule has 0 radical (unpaired) electrons. The van der Waals surface area contributed by atoms with Crippen molar-refractivity contribution in [3.05, 3.63) is 59.6 Å². The van der Waals surface area contributed by atoms with E-state index in [2.05, 4.69) is 10.3 Å². The van der Waals surface area contributed by atoms with Gasteiger partial charge in [0.05, 0.1) is 17.8 Å². The van der Waals surface area contributed by atoms with Crippen LogP contribution < -0.4 is 0 Å². The molecule has 1 fully saturated rings. The van der Waals surface area contributed by atoms with Crippen molar-refractivity contribution in [1.82, 2.24) is 19.8 Å². The summed E-state index contributed by atoms with van der Waals surface area (Å²) in [7, 11) is 0. The third kappa shape index (κ3) is 3.53. The van der Waals surface area contributed by atoms with Gasteiger partial charge in [-0.15, -0.1) is 0 Å². The van der Waals surface area contributed by atoms with Crippen molar-refractivity contribution in [2.75, 3.05) is 13.1 Å². The zero-order chi connectivity index (χ0) is 19.7. The predicted molar refractivity (Wildman–Crippen MR) is 100 cm³/mol. The molecule has 0 atom stereocenters. The molecule has 0 bridgehead atoms. The van der Waals surface area contributed by atoms with Crippen LogP contribution in [0.5, 0.6) is 0 Å². The maximum Gasteiger partial charge on any atom is 0.338 e. The highest BCUT2D eigenvalue weighted by molar-refractivity contribution is 5.92. The first kappa shape index (κ1) is 18.0. The van der Waals surface area contributed by atoms with Gasteiger partial charge in [0, 0.05) is 30.9 Å². The molecule has 1 aliphatic rings. The summed E-state index contributed by atoms with van der Waals surface area (Å²) in [5.41, 5.74) is 2.86. The molecule has 1 saturated heterocycles. The van der Waals surface area contributed by atoms with Gasteiger partial charge in [0.2, 0.25) is 5.76 Å². The van der Waals surface area contributed by atoms with Crippen molar-refractivity contribution in [2.45, 2.75) is 25.8 Å². The van der Waals surface area contributed by atoms with Crippen molar-refractivity contribution in [3.8, 4) is 11.3 Å². The summed E-state index contributed by atoms with van der Waals surface area (Å²) in [6, 6.07) is 9.62. The lowest BCUT2D eigenvalue weighted by Crippen LogP contribution is -2.39. The first-order valence-corrected chi connectivity index (χ1v) is 9.12. The second-order valence-electron chi connectivity index (χ2n) is 6.98. The summed E-state index contributed by atoms with van der Waals surface area (Å²) in [5, 5.41) is 17.2. The predicted octanol–water partition coefficient (Wildman–Crippen LogP) is 3.02. The van der Waals surface area contributed by atoms with E-state index in [0.717, 1.165) is 11.1 Å². The fourth-order valence-electron chi connectivity index (χ4n) is 3.37. The number of likely N-dealkylation sites (tertiary alicyclic amines) is 1. The van der Waals surface area contributed by atoms with Crippen LogP contribution in [0.15, 0.2) is 47.2 Å². The van der Waals surface area contributed by atoms with E-state index in [1.807, 2.05) is 31.2 Å².